The number of carbonyl (C=O) groups is 1. The van der Waals surface area contributed by atoms with E-state index in [2.05, 4.69) is 15.3 Å². The molecule has 1 atom stereocenters. The number of hydrogen-bond acceptors (Lipinski definition) is 5. The third kappa shape index (κ3) is 6.00. The van der Waals surface area contributed by atoms with Gasteiger partial charge in [0.1, 0.15) is 0 Å². The molecule has 26 heavy (non-hydrogen) atoms. The fraction of sp³-hybridized carbons (Fsp3) is 0.421. The van der Waals surface area contributed by atoms with Crippen LogP contribution < -0.4 is 10.9 Å². The molecule has 0 saturated carbocycles. The van der Waals surface area contributed by atoms with Crippen molar-refractivity contribution < 1.29 is 9.53 Å². The first-order valence-corrected chi connectivity index (χ1v) is 9.39. The lowest BCUT2D eigenvalue weighted by molar-refractivity contribution is -0.115. The van der Waals surface area contributed by atoms with Gasteiger partial charge in [0, 0.05) is 11.8 Å². The first-order valence-electron chi connectivity index (χ1n) is 8.51. The Morgan fingerprint density at radius 3 is 2.65 bits per heavy atom. The Hall–Kier alpha value is -2.12. The average Bonchev–Trinajstić information content (AvgIpc) is 2.55. The van der Waals surface area contributed by atoms with Gasteiger partial charge in [-0.05, 0) is 46.2 Å². The number of nitrogens with one attached hydrogen (secondary N) is 2. The topological polar surface area (TPSA) is 84.1 Å². The molecule has 0 bridgehead atoms. The highest BCUT2D eigenvalue weighted by Crippen LogP contribution is 2.22. The van der Waals surface area contributed by atoms with Crippen LogP contribution >= 0.6 is 11.8 Å². The summed E-state index contributed by atoms with van der Waals surface area (Å²) in [5.41, 5.74) is 3.23. The molecular formula is C19H25N3O3S. The van der Waals surface area contributed by atoms with E-state index in [9.17, 15) is 9.59 Å². The molecule has 0 fully saturated rings. The molecule has 0 saturated heterocycles. The molecule has 1 amide bonds. The third-order valence-electron chi connectivity index (χ3n) is 3.63. The number of thioether (sulfide) groups is 1. The maximum Gasteiger partial charge on any atom is 0.251 e. The number of carbonyl (C=O) groups excluding carboxylic acids is 1. The fourth-order valence-electron chi connectivity index (χ4n) is 2.27. The summed E-state index contributed by atoms with van der Waals surface area (Å²) in [7, 11) is 0. The molecule has 0 aliphatic carbocycles. The zero-order valence-corrected chi connectivity index (χ0v) is 16.6. The number of aryl methyl sites for hydroxylation is 2. The van der Waals surface area contributed by atoms with Gasteiger partial charge in [0.05, 0.1) is 23.7 Å². The second-order valence-electron chi connectivity index (χ2n) is 6.47. The largest absolute Gasteiger partial charge is 0.373 e. The molecule has 0 radical (unpaired) electrons. The number of amides is 1. The summed E-state index contributed by atoms with van der Waals surface area (Å²) in [6, 6.07) is 7.28. The molecule has 0 spiro atoms. The molecule has 140 valence electrons. The number of nitrogens with zero attached hydrogens (tertiary/aromatic N) is 1. The van der Waals surface area contributed by atoms with Crippen LogP contribution in [0.5, 0.6) is 0 Å². The van der Waals surface area contributed by atoms with Crippen molar-refractivity contribution in [3.63, 3.8) is 0 Å². The molecule has 2 N–H and O–H groups in total. The summed E-state index contributed by atoms with van der Waals surface area (Å²) in [4.78, 5) is 31.3. The van der Waals surface area contributed by atoms with Gasteiger partial charge in [-0.1, -0.05) is 29.5 Å². The molecule has 2 rings (SSSR count). The third-order valence-corrected chi connectivity index (χ3v) is 4.62. The van der Waals surface area contributed by atoms with Crippen molar-refractivity contribution in [3.8, 4) is 0 Å². The van der Waals surface area contributed by atoms with Crippen LogP contribution in [0.1, 0.15) is 37.6 Å². The minimum atomic E-state index is -0.417. The van der Waals surface area contributed by atoms with Crippen LogP contribution in [0.25, 0.3) is 0 Å². The minimum absolute atomic E-state index is 0.0506. The van der Waals surface area contributed by atoms with Crippen LogP contribution in [0.3, 0.4) is 0 Å². The van der Waals surface area contributed by atoms with Crippen LogP contribution in [0.4, 0.5) is 5.69 Å². The molecule has 7 heteroatoms. The average molecular weight is 375 g/mol. The quantitative estimate of drug-likeness (QED) is 0.572. The van der Waals surface area contributed by atoms with Gasteiger partial charge in [0.25, 0.3) is 5.56 Å². The highest BCUT2D eigenvalue weighted by atomic mass is 32.2. The number of rotatable bonds is 7. The van der Waals surface area contributed by atoms with Crippen LogP contribution in [0.15, 0.2) is 34.2 Å². The molecule has 1 aromatic carbocycles. The van der Waals surface area contributed by atoms with E-state index in [0.29, 0.717) is 10.9 Å². The highest BCUT2D eigenvalue weighted by Gasteiger charge is 2.17. The molecular weight excluding hydrogens is 350 g/mol. The van der Waals surface area contributed by atoms with Crippen molar-refractivity contribution in [2.75, 3.05) is 5.32 Å². The molecule has 1 unspecified atom stereocenters. The van der Waals surface area contributed by atoms with E-state index in [1.165, 1.54) is 17.8 Å². The Morgan fingerprint density at radius 2 is 2.00 bits per heavy atom. The number of ether oxygens (including phenoxy) is 1. The Bertz CT molecular complexity index is 833. The van der Waals surface area contributed by atoms with Gasteiger partial charge in [-0.3, -0.25) is 9.59 Å². The van der Waals surface area contributed by atoms with E-state index in [4.69, 9.17) is 4.74 Å². The molecule has 1 heterocycles. The van der Waals surface area contributed by atoms with E-state index >= 15 is 0 Å². The van der Waals surface area contributed by atoms with Crippen molar-refractivity contribution in [2.45, 2.75) is 57.7 Å². The van der Waals surface area contributed by atoms with Crippen LogP contribution in [0, 0.1) is 13.8 Å². The van der Waals surface area contributed by atoms with Crippen LogP contribution in [-0.2, 0) is 16.1 Å². The second kappa shape index (κ2) is 9.00. The monoisotopic (exact) mass is 375 g/mol. The number of hydrogen-bond donors (Lipinski definition) is 2. The van der Waals surface area contributed by atoms with E-state index in [1.54, 1.807) is 6.92 Å². The van der Waals surface area contributed by atoms with Crippen molar-refractivity contribution >= 4 is 23.4 Å². The van der Waals surface area contributed by atoms with Gasteiger partial charge in [0.2, 0.25) is 5.91 Å². The van der Waals surface area contributed by atoms with Gasteiger partial charge < -0.3 is 15.0 Å². The van der Waals surface area contributed by atoms with E-state index < -0.39 is 5.25 Å². The minimum Gasteiger partial charge on any atom is -0.373 e. The normalized spacial score (nSPS) is 12.2. The number of aromatic nitrogens is 2. The molecule has 2 aromatic rings. The number of H-pyrrole nitrogens is 1. The standard InChI is InChI=1S/C19H25N3O3S/c1-11(2)25-10-15-9-17(23)22-19(20-15)26-14(5)18(24)21-16-7-6-12(3)8-13(16)4/h6-9,11,14H,10H2,1-5H3,(H,21,24)(H,20,22,23). The van der Waals surface area contributed by atoms with Gasteiger partial charge >= 0.3 is 0 Å². The lowest BCUT2D eigenvalue weighted by atomic mass is 10.1. The summed E-state index contributed by atoms with van der Waals surface area (Å²) in [6.45, 7) is 9.84. The Labute approximate surface area is 157 Å². The summed E-state index contributed by atoms with van der Waals surface area (Å²) >= 11 is 1.21. The van der Waals surface area contributed by atoms with Crippen molar-refractivity contribution in [2.24, 2.45) is 0 Å². The predicted molar refractivity (Wildman–Crippen MR) is 105 cm³/mol. The maximum absolute atomic E-state index is 12.5. The fourth-order valence-corrected chi connectivity index (χ4v) is 3.10. The lowest BCUT2D eigenvalue weighted by Gasteiger charge is -2.14. The summed E-state index contributed by atoms with van der Waals surface area (Å²) in [6.07, 6.45) is 0.0506. The van der Waals surface area contributed by atoms with E-state index in [0.717, 1.165) is 16.8 Å². The van der Waals surface area contributed by atoms with Crippen molar-refractivity contribution in [1.29, 1.82) is 0 Å². The lowest BCUT2D eigenvalue weighted by Crippen LogP contribution is -2.24. The second-order valence-corrected chi connectivity index (χ2v) is 7.80. The van der Waals surface area contributed by atoms with Gasteiger partial charge in [-0.2, -0.15) is 0 Å². The van der Waals surface area contributed by atoms with E-state index in [1.807, 2.05) is 45.9 Å². The van der Waals surface area contributed by atoms with Crippen LogP contribution in [-0.4, -0.2) is 27.2 Å². The molecule has 0 aliphatic heterocycles. The summed E-state index contributed by atoms with van der Waals surface area (Å²) in [5, 5.41) is 2.91. The zero-order chi connectivity index (χ0) is 19.3. The van der Waals surface area contributed by atoms with Crippen LogP contribution in [0.2, 0.25) is 0 Å². The number of aromatic amines is 1. The highest BCUT2D eigenvalue weighted by molar-refractivity contribution is 8.00. The predicted octanol–water partition coefficient (Wildman–Crippen LogP) is 3.43. The molecule has 1 aromatic heterocycles. The van der Waals surface area contributed by atoms with Crippen molar-refractivity contribution in [1.82, 2.24) is 9.97 Å². The smallest absolute Gasteiger partial charge is 0.251 e. The first kappa shape index (κ1) is 20.2. The molecule has 0 aliphatic rings. The zero-order valence-electron chi connectivity index (χ0n) is 15.8. The molecule has 6 nitrogen and oxygen atoms in total. The van der Waals surface area contributed by atoms with Crippen molar-refractivity contribution in [3.05, 3.63) is 51.4 Å². The van der Waals surface area contributed by atoms with E-state index in [-0.39, 0.29) is 24.2 Å². The Morgan fingerprint density at radius 1 is 1.27 bits per heavy atom. The van der Waals surface area contributed by atoms with Gasteiger partial charge in [-0.25, -0.2) is 4.98 Å². The van der Waals surface area contributed by atoms with Gasteiger partial charge in [0.15, 0.2) is 5.16 Å². The van der Waals surface area contributed by atoms with Gasteiger partial charge in [-0.15, -0.1) is 0 Å². The SMILES string of the molecule is Cc1ccc(NC(=O)C(C)Sc2nc(COC(C)C)cc(=O)[nH]2)c(C)c1. The summed E-state index contributed by atoms with van der Waals surface area (Å²) in [5.74, 6) is -0.145. The Balaban J connectivity index is 2.05. The summed E-state index contributed by atoms with van der Waals surface area (Å²) < 4.78 is 5.49. The first-order chi connectivity index (χ1) is 12.2. The number of benzene rings is 1. The number of anilines is 1. The maximum atomic E-state index is 12.5. The Kier molecular flexibility index (Phi) is 6.99.